The van der Waals surface area contributed by atoms with E-state index >= 15 is 0 Å². The second-order valence-corrected chi connectivity index (χ2v) is 6.81. The second-order valence-electron chi connectivity index (χ2n) is 6.81. The monoisotopic (exact) mass is 326 g/mol. The largest absolute Gasteiger partial charge is 0.393 e. The molecule has 1 N–H and O–H groups in total. The highest BCUT2D eigenvalue weighted by Crippen LogP contribution is 2.25. The summed E-state index contributed by atoms with van der Waals surface area (Å²) in [7, 11) is 0. The number of rotatable bonds is 5. The van der Waals surface area contributed by atoms with Crippen molar-refractivity contribution in [3.63, 3.8) is 0 Å². The molecule has 2 aromatic rings. The summed E-state index contributed by atoms with van der Waals surface area (Å²) in [6.07, 6.45) is 2.67. The molecule has 1 aromatic carbocycles. The highest BCUT2D eigenvalue weighted by molar-refractivity contribution is 5.27. The SMILES string of the molecule is Cc1ccc(CN2CCOC(CO)(Cc3ccccc3C)C2)cn1. The lowest BCUT2D eigenvalue weighted by molar-refractivity contribution is -0.134. The van der Waals surface area contributed by atoms with Crippen LogP contribution in [0.3, 0.4) is 0 Å². The van der Waals surface area contributed by atoms with Crippen LogP contribution in [-0.4, -0.2) is 46.9 Å². The summed E-state index contributed by atoms with van der Waals surface area (Å²) in [6, 6.07) is 12.5. The second kappa shape index (κ2) is 7.43. The zero-order chi connectivity index (χ0) is 17.0. The number of aryl methyl sites for hydroxylation is 2. The van der Waals surface area contributed by atoms with Crippen molar-refractivity contribution in [3.8, 4) is 0 Å². The normalized spacial score (nSPS) is 21.8. The third-order valence-corrected chi connectivity index (χ3v) is 4.77. The van der Waals surface area contributed by atoms with Gasteiger partial charge in [0, 0.05) is 37.9 Å². The molecule has 1 unspecified atom stereocenters. The van der Waals surface area contributed by atoms with E-state index in [9.17, 15) is 5.11 Å². The Hall–Kier alpha value is -1.75. The zero-order valence-electron chi connectivity index (χ0n) is 14.5. The summed E-state index contributed by atoms with van der Waals surface area (Å²) in [5, 5.41) is 10.0. The van der Waals surface area contributed by atoms with Gasteiger partial charge in [-0.05, 0) is 36.6 Å². The predicted octanol–water partition coefficient (Wildman–Crippen LogP) is 2.50. The average molecular weight is 326 g/mol. The van der Waals surface area contributed by atoms with Crippen molar-refractivity contribution < 1.29 is 9.84 Å². The van der Waals surface area contributed by atoms with E-state index in [0.29, 0.717) is 6.61 Å². The molecule has 1 aromatic heterocycles. The van der Waals surface area contributed by atoms with E-state index in [1.54, 1.807) is 0 Å². The minimum Gasteiger partial charge on any atom is -0.393 e. The van der Waals surface area contributed by atoms with E-state index < -0.39 is 5.60 Å². The predicted molar refractivity (Wildman–Crippen MR) is 94.9 cm³/mol. The lowest BCUT2D eigenvalue weighted by atomic mass is 9.91. The number of benzene rings is 1. The fourth-order valence-electron chi connectivity index (χ4n) is 3.32. The molecule has 0 amide bonds. The molecule has 1 aliphatic rings. The van der Waals surface area contributed by atoms with Gasteiger partial charge in [-0.3, -0.25) is 9.88 Å². The van der Waals surface area contributed by atoms with Crippen molar-refractivity contribution in [2.24, 2.45) is 0 Å². The standard InChI is InChI=1S/C20H26N2O2/c1-16-5-3-4-6-19(16)11-20(15-23)14-22(9-10-24-20)13-18-8-7-17(2)21-12-18/h3-8,12,23H,9-11,13-15H2,1-2H3. The summed E-state index contributed by atoms with van der Waals surface area (Å²) >= 11 is 0. The molecule has 1 atom stereocenters. The van der Waals surface area contributed by atoms with Crippen molar-refractivity contribution in [3.05, 3.63) is 65.0 Å². The lowest BCUT2D eigenvalue weighted by Gasteiger charge is -2.42. The van der Waals surface area contributed by atoms with E-state index in [4.69, 9.17) is 4.74 Å². The fraction of sp³-hybridized carbons (Fsp3) is 0.450. The zero-order valence-corrected chi connectivity index (χ0v) is 14.5. The van der Waals surface area contributed by atoms with E-state index in [1.165, 1.54) is 16.7 Å². The number of morpholine rings is 1. The van der Waals surface area contributed by atoms with Gasteiger partial charge in [0.2, 0.25) is 0 Å². The van der Waals surface area contributed by atoms with Gasteiger partial charge in [-0.2, -0.15) is 0 Å². The van der Waals surface area contributed by atoms with Gasteiger partial charge in [0.1, 0.15) is 5.60 Å². The summed E-state index contributed by atoms with van der Waals surface area (Å²) in [6.45, 7) is 7.23. The van der Waals surface area contributed by atoms with E-state index in [2.05, 4.69) is 35.0 Å². The van der Waals surface area contributed by atoms with Crippen LogP contribution in [0.2, 0.25) is 0 Å². The number of aliphatic hydroxyl groups is 1. The van der Waals surface area contributed by atoms with Crippen molar-refractivity contribution in [1.29, 1.82) is 0 Å². The Morgan fingerprint density at radius 2 is 2.04 bits per heavy atom. The van der Waals surface area contributed by atoms with Crippen LogP contribution >= 0.6 is 0 Å². The first-order valence-corrected chi connectivity index (χ1v) is 8.53. The van der Waals surface area contributed by atoms with E-state index in [-0.39, 0.29) is 6.61 Å². The van der Waals surface area contributed by atoms with Crippen LogP contribution in [0.25, 0.3) is 0 Å². The number of nitrogens with zero attached hydrogens (tertiary/aromatic N) is 2. The average Bonchev–Trinajstić information content (AvgIpc) is 2.59. The van der Waals surface area contributed by atoms with Gasteiger partial charge in [-0.25, -0.2) is 0 Å². The molecular formula is C20H26N2O2. The maximum atomic E-state index is 10.0. The Labute approximate surface area is 144 Å². The lowest BCUT2D eigenvalue weighted by Crippen LogP contribution is -2.55. The molecule has 0 saturated carbocycles. The highest BCUT2D eigenvalue weighted by Gasteiger charge is 2.36. The van der Waals surface area contributed by atoms with Gasteiger partial charge < -0.3 is 9.84 Å². The molecule has 0 aliphatic carbocycles. The Morgan fingerprint density at radius 1 is 1.21 bits per heavy atom. The molecule has 4 nitrogen and oxygen atoms in total. The van der Waals surface area contributed by atoms with E-state index in [1.807, 2.05) is 31.3 Å². The smallest absolute Gasteiger partial charge is 0.108 e. The first-order valence-electron chi connectivity index (χ1n) is 8.53. The number of aromatic nitrogens is 1. The minimum absolute atomic E-state index is 0.0317. The molecule has 2 heterocycles. The number of ether oxygens (including phenoxy) is 1. The first-order chi connectivity index (χ1) is 11.6. The third kappa shape index (κ3) is 4.01. The van der Waals surface area contributed by atoms with Gasteiger partial charge >= 0.3 is 0 Å². The summed E-state index contributed by atoms with van der Waals surface area (Å²) in [5.74, 6) is 0. The first kappa shape index (κ1) is 17.1. The van der Waals surface area contributed by atoms with E-state index in [0.717, 1.165) is 31.7 Å². The van der Waals surface area contributed by atoms with Gasteiger partial charge in [0.05, 0.1) is 13.2 Å². The topological polar surface area (TPSA) is 45.6 Å². The molecule has 0 radical (unpaired) electrons. The van der Waals surface area contributed by atoms with Crippen LogP contribution in [0.15, 0.2) is 42.6 Å². The molecular weight excluding hydrogens is 300 g/mol. The number of hydrogen-bond donors (Lipinski definition) is 1. The quantitative estimate of drug-likeness (QED) is 0.917. The van der Waals surface area contributed by atoms with Crippen LogP contribution < -0.4 is 0 Å². The molecule has 128 valence electrons. The van der Waals surface area contributed by atoms with Crippen LogP contribution in [-0.2, 0) is 17.7 Å². The van der Waals surface area contributed by atoms with Crippen molar-refractivity contribution >= 4 is 0 Å². The van der Waals surface area contributed by atoms with Crippen LogP contribution in [0.1, 0.15) is 22.4 Å². The maximum absolute atomic E-state index is 10.0. The maximum Gasteiger partial charge on any atom is 0.108 e. The van der Waals surface area contributed by atoms with Crippen LogP contribution in [0, 0.1) is 13.8 Å². The Balaban J connectivity index is 1.72. The molecule has 3 rings (SSSR count). The molecule has 1 saturated heterocycles. The fourth-order valence-corrected chi connectivity index (χ4v) is 3.32. The molecule has 0 spiro atoms. The molecule has 4 heteroatoms. The number of hydrogen-bond acceptors (Lipinski definition) is 4. The van der Waals surface area contributed by atoms with Crippen molar-refractivity contribution in [2.45, 2.75) is 32.4 Å². The summed E-state index contributed by atoms with van der Waals surface area (Å²) in [5.41, 5.74) is 4.19. The minimum atomic E-state index is -0.525. The van der Waals surface area contributed by atoms with Gasteiger partial charge in [0.25, 0.3) is 0 Å². The van der Waals surface area contributed by atoms with Crippen molar-refractivity contribution in [2.75, 3.05) is 26.3 Å². The van der Waals surface area contributed by atoms with Gasteiger partial charge in [0.15, 0.2) is 0 Å². The Kier molecular flexibility index (Phi) is 5.29. The summed E-state index contributed by atoms with van der Waals surface area (Å²) < 4.78 is 6.05. The summed E-state index contributed by atoms with van der Waals surface area (Å²) in [4.78, 5) is 6.72. The molecule has 1 aliphatic heterocycles. The van der Waals surface area contributed by atoms with Gasteiger partial charge in [-0.1, -0.05) is 30.3 Å². The van der Waals surface area contributed by atoms with Gasteiger partial charge in [-0.15, -0.1) is 0 Å². The molecule has 1 fully saturated rings. The van der Waals surface area contributed by atoms with Crippen molar-refractivity contribution in [1.82, 2.24) is 9.88 Å². The Morgan fingerprint density at radius 3 is 2.75 bits per heavy atom. The molecule has 0 bridgehead atoms. The van der Waals surface area contributed by atoms with Crippen LogP contribution in [0.5, 0.6) is 0 Å². The van der Waals surface area contributed by atoms with Crippen LogP contribution in [0.4, 0.5) is 0 Å². The highest BCUT2D eigenvalue weighted by atomic mass is 16.5. The number of aliphatic hydroxyl groups excluding tert-OH is 1. The third-order valence-electron chi connectivity index (χ3n) is 4.77. The Bertz CT molecular complexity index is 672. The molecule has 24 heavy (non-hydrogen) atoms. The number of pyridine rings is 1.